The second kappa shape index (κ2) is 6.94. The van der Waals surface area contributed by atoms with Gasteiger partial charge in [-0.1, -0.05) is 24.3 Å². The number of carbonyl (C=O) groups is 2. The summed E-state index contributed by atoms with van der Waals surface area (Å²) in [7, 11) is 0. The van der Waals surface area contributed by atoms with Gasteiger partial charge in [0.25, 0.3) is 11.8 Å². The summed E-state index contributed by atoms with van der Waals surface area (Å²) in [6.07, 6.45) is -4.95. The first kappa shape index (κ1) is 19.6. The van der Waals surface area contributed by atoms with Crippen LogP contribution < -0.4 is 9.64 Å². The van der Waals surface area contributed by atoms with E-state index in [2.05, 4.69) is 0 Å². The number of hydrogen-bond acceptors (Lipinski definition) is 3. The standard InChI is InChI=1S/C21H10F5NO3/c22-14-9-11(21(24,25)26)10-15(23)18(14)30-17-8-4-3-7-16(17)27-19(28)12-5-1-2-6-13(12)20(27)29/h1-10H. The van der Waals surface area contributed by atoms with E-state index in [1.807, 2.05) is 0 Å². The van der Waals surface area contributed by atoms with Gasteiger partial charge in [0, 0.05) is 0 Å². The highest BCUT2D eigenvalue weighted by molar-refractivity contribution is 6.34. The molecule has 0 saturated heterocycles. The highest BCUT2D eigenvalue weighted by Gasteiger charge is 2.38. The zero-order valence-corrected chi connectivity index (χ0v) is 14.8. The van der Waals surface area contributed by atoms with Crippen LogP contribution in [0.25, 0.3) is 0 Å². The predicted molar refractivity (Wildman–Crippen MR) is 95.5 cm³/mol. The molecule has 4 rings (SSSR count). The number of amides is 2. The first-order valence-electron chi connectivity index (χ1n) is 8.49. The highest BCUT2D eigenvalue weighted by atomic mass is 19.4. The number of anilines is 1. The van der Waals surface area contributed by atoms with Gasteiger partial charge in [0.05, 0.1) is 22.4 Å². The molecule has 0 N–H and O–H groups in total. The summed E-state index contributed by atoms with van der Waals surface area (Å²) >= 11 is 0. The van der Waals surface area contributed by atoms with Crippen molar-refractivity contribution >= 4 is 17.5 Å². The topological polar surface area (TPSA) is 46.6 Å². The van der Waals surface area contributed by atoms with E-state index in [1.165, 1.54) is 36.4 Å². The summed E-state index contributed by atoms with van der Waals surface area (Å²) in [5, 5.41) is 0. The zero-order valence-electron chi connectivity index (χ0n) is 14.8. The molecule has 0 saturated carbocycles. The molecule has 0 radical (unpaired) electrons. The minimum atomic E-state index is -4.95. The summed E-state index contributed by atoms with van der Waals surface area (Å²) in [4.78, 5) is 26.1. The molecule has 1 aliphatic rings. The zero-order chi connectivity index (χ0) is 21.6. The van der Waals surface area contributed by atoms with Crippen molar-refractivity contribution in [1.82, 2.24) is 0 Å². The molecular weight excluding hydrogens is 409 g/mol. The second-order valence-electron chi connectivity index (χ2n) is 6.33. The summed E-state index contributed by atoms with van der Waals surface area (Å²) < 4.78 is 71.8. The fourth-order valence-corrected chi connectivity index (χ4v) is 3.07. The van der Waals surface area contributed by atoms with E-state index in [0.29, 0.717) is 0 Å². The van der Waals surface area contributed by atoms with Crippen molar-refractivity contribution in [3.8, 4) is 11.5 Å². The second-order valence-corrected chi connectivity index (χ2v) is 6.33. The smallest absolute Gasteiger partial charge is 0.416 e. The number of imide groups is 1. The summed E-state index contributed by atoms with van der Waals surface area (Å²) in [5.41, 5.74) is -1.34. The van der Waals surface area contributed by atoms with Crippen molar-refractivity contribution in [1.29, 1.82) is 0 Å². The number of rotatable bonds is 3. The molecule has 1 heterocycles. The Morgan fingerprint density at radius 1 is 0.767 bits per heavy atom. The fraction of sp³-hybridized carbons (Fsp3) is 0.0476. The molecule has 0 atom stereocenters. The number of carbonyl (C=O) groups excluding carboxylic acids is 2. The van der Waals surface area contributed by atoms with Gasteiger partial charge < -0.3 is 4.74 Å². The van der Waals surface area contributed by atoms with Gasteiger partial charge in [-0.15, -0.1) is 0 Å². The van der Waals surface area contributed by atoms with Crippen molar-refractivity contribution in [3.63, 3.8) is 0 Å². The summed E-state index contributed by atoms with van der Waals surface area (Å²) in [6, 6.07) is 11.7. The fourth-order valence-electron chi connectivity index (χ4n) is 3.07. The molecule has 3 aromatic rings. The number of ether oxygens (including phenoxy) is 1. The number of fused-ring (bicyclic) bond motifs is 1. The van der Waals surface area contributed by atoms with Crippen LogP contribution in [0.3, 0.4) is 0 Å². The minimum absolute atomic E-state index is 0.100. The Balaban J connectivity index is 1.75. The van der Waals surface area contributed by atoms with Crippen LogP contribution >= 0.6 is 0 Å². The van der Waals surface area contributed by atoms with Crippen molar-refractivity contribution < 1.29 is 36.3 Å². The van der Waals surface area contributed by atoms with Crippen LogP contribution in [0.4, 0.5) is 27.6 Å². The van der Waals surface area contributed by atoms with Gasteiger partial charge >= 0.3 is 6.18 Å². The van der Waals surface area contributed by atoms with E-state index in [4.69, 9.17) is 4.74 Å². The lowest BCUT2D eigenvalue weighted by Gasteiger charge is -2.19. The molecule has 1 aliphatic heterocycles. The third-order valence-corrected chi connectivity index (χ3v) is 4.44. The van der Waals surface area contributed by atoms with Crippen LogP contribution in [0.15, 0.2) is 60.7 Å². The molecule has 152 valence electrons. The molecule has 3 aromatic carbocycles. The van der Waals surface area contributed by atoms with Crippen molar-refractivity contribution in [2.45, 2.75) is 6.18 Å². The Bertz CT molecular complexity index is 1130. The quantitative estimate of drug-likeness (QED) is 0.412. The van der Waals surface area contributed by atoms with Crippen molar-refractivity contribution in [3.05, 3.63) is 89.0 Å². The molecule has 9 heteroatoms. The van der Waals surface area contributed by atoms with E-state index in [1.54, 1.807) is 12.1 Å². The maximum absolute atomic E-state index is 14.2. The Kier molecular flexibility index (Phi) is 4.53. The number of benzene rings is 3. The molecule has 2 amide bonds. The third-order valence-electron chi connectivity index (χ3n) is 4.44. The van der Waals surface area contributed by atoms with Crippen LogP contribution in [-0.4, -0.2) is 11.8 Å². The monoisotopic (exact) mass is 419 g/mol. The summed E-state index contributed by atoms with van der Waals surface area (Å²) in [6.45, 7) is 0. The molecule has 30 heavy (non-hydrogen) atoms. The molecule has 0 unspecified atom stereocenters. The average molecular weight is 419 g/mol. The number of nitrogens with zero attached hydrogens (tertiary/aromatic N) is 1. The average Bonchev–Trinajstić information content (AvgIpc) is 2.95. The first-order chi connectivity index (χ1) is 14.2. The molecule has 0 aliphatic carbocycles. The van der Waals surface area contributed by atoms with Gasteiger partial charge in [0.1, 0.15) is 0 Å². The van der Waals surface area contributed by atoms with Crippen LogP contribution in [0.1, 0.15) is 26.3 Å². The number of hydrogen-bond donors (Lipinski definition) is 0. The number of alkyl halides is 3. The lowest BCUT2D eigenvalue weighted by Crippen LogP contribution is -2.29. The van der Waals surface area contributed by atoms with Gasteiger partial charge in [-0.3, -0.25) is 9.59 Å². The van der Waals surface area contributed by atoms with Gasteiger partial charge in [0.15, 0.2) is 23.1 Å². The Hall–Kier alpha value is -3.75. The van der Waals surface area contributed by atoms with Crippen molar-refractivity contribution in [2.24, 2.45) is 0 Å². The van der Waals surface area contributed by atoms with E-state index in [-0.39, 0.29) is 34.7 Å². The van der Waals surface area contributed by atoms with E-state index >= 15 is 0 Å². The lowest BCUT2D eigenvalue weighted by atomic mass is 10.1. The largest absolute Gasteiger partial charge is 0.449 e. The van der Waals surface area contributed by atoms with Crippen LogP contribution in [0, 0.1) is 11.6 Å². The SMILES string of the molecule is O=C1c2ccccc2C(=O)N1c1ccccc1Oc1c(F)cc(C(F)(F)F)cc1F. The normalized spacial score (nSPS) is 13.6. The third kappa shape index (κ3) is 3.18. The summed E-state index contributed by atoms with van der Waals surface area (Å²) in [5.74, 6) is -5.88. The Labute approximate surface area is 166 Å². The van der Waals surface area contributed by atoms with Crippen molar-refractivity contribution in [2.75, 3.05) is 4.90 Å². The minimum Gasteiger partial charge on any atom is -0.449 e. The highest BCUT2D eigenvalue weighted by Crippen LogP contribution is 2.40. The van der Waals surface area contributed by atoms with E-state index < -0.39 is 40.9 Å². The predicted octanol–water partition coefficient (Wildman–Crippen LogP) is 5.58. The van der Waals surface area contributed by atoms with Crippen LogP contribution in [-0.2, 0) is 6.18 Å². The van der Waals surface area contributed by atoms with E-state index in [0.717, 1.165) is 4.90 Å². The van der Waals surface area contributed by atoms with Gasteiger partial charge in [-0.05, 0) is 36.4 Å². The van der Waals surface area contributed by atoms with Crippen LogP contribution in [0.2, 0.25) is 0 Å². The van der Waals surface area contributed by atoms with E-state index in [9.17, 15) is 31.5 Å². The molecule has 4 nitrogen and oxygen atoms in total. The van der Waals surface area contributed by atoms with Gasteiger partial charge in [-0.25, -0.2) is 13.7 Å². The van der Waals surface area contributed by atoms with Gasteiger partial charge in [0.2, 0.25) is 0 Å². The number of para-hydroxylation sites is 2. The lowest BCUT2D eigenvalue weighted by molar-refractivity contribution is -0.138. The molecule has 0 bridgehead atoms. The molecule has 0 aromatic heterocycles. The maximum atomic E-state index is 14.2. The molecular formula is C21H10F5NO3. The maximum Gasteiger partial charge on any atom is 0.416 e. The Morgan fingerprint density at radius 3 is 1.80 bits per heavy atom. The van der Waals surface area contributed by atoms with Gasteiger partial charge in [-0.2, -0.15) is 13.2 Å². The van der Waals surface area contributed by atoms with Crippen LogP contribution in [0.5, 0.6) is 11.5 Å². The first-order valence-corrected chi connectivity index (χ1v) is 8.49. The molecule has 0 spiro atoms. The Morgan fingerprint density at radius 2 is 1.27 bits per heavy atom. The molecule has 0 fully saturated rings. The number of halogens is 5.